The smallest absolute Gasteiger partial charge is 0.294 e. The van der Waals surface area contributed by atoms with E-state index in [0.29, 0.717) is 43.5 Å². The van der Waals surface area contributed by atoms with Gasteiger partial charge in [0.1, 0.15) is 66.3 Å². The van der Waals surface area contributed by atoms with E-state index in [1.807, 2.05) is 225 Å². The normalized spacial score (nSPS) is 10.2. The second-order valence-electron chi connectivity index (χ2n) is 27.7. The predicted molar refractivity (Wildman–Crippen MR) is 515 cm³/mol. The van der Waals surface area contributed by atoms with Gasteiger partial charge in [-0.15, -0.1) is 161 Å². The van der Waals surface area contributed by atoms with Gasteiger partial charge in [-0.2, -0.15) is 0 Å². The number of halogens is 1. The number of fused-ring (bicyclic) bond motifs is 1. The molecule has 14 aromatic rings. The first kappa shape index (κ1) is 106. The van der Waals surface area contributed by atoms with Crippen LogP contribution in [0.5, 0.6) is 0 Å². The molecule has 41 heteroatoms. The van der Waals surface area contributed by atoms with E-state index in [2.05, 4.69) is 86.1 Å². The van der Waals surface area contributed by atoms with E-state index in [-0.39, 0.29) is 53.7 Å². The molecule has 0 aliphatic heterocycles. The van der Waals surface area contributed by atoms with Crippen molar-refractivity contribution in [1.29, 1.82) is 0 Å². The zero-order valence-corrected chi connectivity index (χ0v) is 79.4. The van der Waals surface area contributed by atoms with Crippen LogP contribution in [0.2, 0.25) is 5.02 Å². The number of aryl methyl sites for hydroxylation is 11. The molecule has 0 aliphatic rings. The molecule has 0 atom stereocenters. The molecule has 0 fully saturated rings. The van der Waals surface area contributed by atoms with Crippen LogP contribution in [-0.2, 0) is 85.4 Å². The van der Waals surface area contributed by atoms with E-state index < -0.39 is 35.6 Å². The van der Waals surface area contributed by atoms with Crippen LogP contribution in [0.15, 0.2) is 187 Å². The highest BCUT2D eigenvalue weighted by atomic mass is 35.5. The molecular weight excluding hydrogens is 1850 g/mol. The van der Waals surface area contributed by atoms with Crippen molar-refractivity contribution < 1.29 is 69.5 Å². The largest absolute Gasteiger partial charge is 0.314 e. The SMILES string of the molecule is C.CCCc1cc2ccccc2s1.Cc1cc(CCO[N+](=O)[O-])sc1C.Cc1ccc(-c2nc(C)c(CCO[N+](=O)[O-])s2)cc1.Cc1ccc(-c2nc(C)c(CCO[N+](=O)[O-])s2)cc1.Cc1ccc(-c2nc(C)c(CO[N+](=O)[O-])s2)cc1.Cc1ccc(CCO[N+](=O)[O-])s1.Cc1csc(CCO[N+](=O)[O-])c1.O=[N+]([O-])OCCc1sc(-c2ccccc2)nc1-c1ccc(Cl)cc1. The van der Waals surface area contributed by atoms with Crippen molar-refractivity contribution in [3.8, 4) is 53.5 Å². The molecule has 0 aliphatic carbocycles. The molecule has 690 valence electrons. The maximum absolute atomic E-state index is 10.4. The van der Waals surface area contributed by atoms with Crippen LogP contribution in [0.1, 0.15) is 114 Å². The zero-order chi connectivity index (χ0) is 93.9. The summed E-state index contributed by atoms with van der Waals surface area (Å²) in [4.78, 5) is 129. The van der Waals surface area contributed by atoms with Gasteiger partial charge in [0, 0.05) is 120 Å². The lowest BCUT2D eigenvalue weighted by Crippen LogP contribution is -2.04. The standard InChI is InChI=1S/C17H13ClN2O3S.2C13H14N2O3S.C12H12N2O3S.C11H12S.C8H11NO3S.2C7H9NO3S.CH4/c18-14-8-6-12(7-9-14)16-15(10-11-23-20(21)22)24-17(19-16)13-4-2-1-3-5-13;2*1-9-3-5-11(6-4-9)13-14-10(2)12(19-13)7-8-18-15(16)17;1-8-3-5-10(6-4-8)12-13-9(2)11(18-12)7-17-14(15)16;1-2-5-10-8-9-6-3-4-7-11(9)12-10;1-6-5-8(13-7(6)2)3-4-12-9(10)11;1-6-4-7(12-5-6)2-3-11-8(9)10;1-6-2-3-7(12-6)4-5-11-8(9)10;/h1-9H,10-11H2;2*3-6H,7-8H2,1-2H3;3-6H,7H2,1-2H3;3-4,6-8H,2,5H2,1H3;5H,3-4H2,1-2H3;4-5H,2-3H2,1H3;2-3H,4-5H2,1H3;1H4. The van der Waals surface area contributed by atoms with Crippen LogP contribution in [0.25, 0.3) is 63.6 Å². The minimum Gasteiger partial charge on any atom is -0.314 e. The monoisotopic (exact) mass is 1950 g/mol. The van der Waals surface area contributed by atoms with Gasteiger partial charge in [-0.1, -0.05) is 183 Å². The summed E-state index contributed by atoms with van der Waals surface area (Å²) in [6, 6.07) is 60.4. The van der Waals surface area contributed by atoms with Crippen LogP contribution < -0.4 is 0 Å². The third-order valence-corrected chi connectivity index (χ3v) is 27.4. The van der Waals surface area contributed by atoms with Crippen LogP contribution >= 0.6 is 102 Å². The molecule has 32 nitrogen and oxygen atoms in total. The molecule has 0 saturated heterocycles. The van der Waals surface area contributed by atoms with Crippen molar-refractivity contribution >= 4 is 112 Å². The molecule has 8 aromatic heterocycles. The summed E-state index contributed by atoms with van der Waals surface area (Å²) in [5, 5.41) is 72.4. The van der Waals surface area contributed by atoms with Gasteiger partial charge in [0.05, 0.1) is 27.7 Å². The Morgan fingerprint density at radius 1 is 0.331 bits per heavy atom. The van der Waals surface area contributed by atoms with Gasteiger partial charge in [-0.05, 0) is 146 Å². The Morgan fingerprint density at radius 3 is 1.12 bits per heavy atom. The van der Waals surface area contributed by atoms with Crippen molar-refractivity contribution in [3.05, 3.63) is 357 Å². The number of thiazole rings is 4. The second kappa shape index (κ2) is 56.1. The molecule has 8 heterocycles. The summed E-state index contributed by atoms with van der Waals surface area (Å²) in [7, 11) is 0. The van der Waals surface area contributed by atoms with E-state index in [4.69, 9.17) is 16.6 Å². The predicted octanol–water partition coefficient (Wildman–Crippen LogP) is 24.6. The van der Waals surface area contributed by atoms with Gasteiger partial charge in [0.2, 0.25) is 0 Å². The van der Waals surface area contributed by atoms with Crippen molar-refractivity contribution in [2.24, 2.45) is 0 Å². The Morgan fingerprint density at radius 2 is 0.708 bits per heavy atom. The molecule has 0 spiro atoms. The summed E-state index contributed by atoms with van der Waals surface area (Å²) in [6.45, 7) is 22.6. The quantitative estimate of drug-likeness (QED) is 0.0267. The van der Waals surface area contributed by atoms with Crippen LogP contribution in [0.3, 0.4) is 0 Å². The number of nitrogens with zero attached hydrogens (tertiary/aromatic N) is 11. The highest BCUT2D eigenvalue weighted by Gasteiger charge is 2.18. The summed E-state index contributed by atoms with van der Waals surface area (Å²) in [6.07, 6.45) is 5.74. The first-order valence-electron chi connectivity index (χ1n) is 39.6. The second-order valence-corrected chi connectivity index (χ2v) is 37.4. The van der Waals surface area contributed by atoms with Crippen molar-refractivity contribution in [3.63, 3.8) is 0 Å². The Labute approximate surface area is 787 Å². The van der Waals surface area contributed by atoms with E-state index in [1.165, 1.54) is 88.1 Å². The van der Waals surface area contributed by atoms with Crippen LogP contribution in [-0.4, -0.2) is 95.2 Å². The van der Waals surface area contributed by atoms with Crippen molar-refractivity contribution in [2.75, 3.05) is 39.6 Å². The van der Waals surface area contributed by atoms with Gasteiger partial charge in [0.25, 0.3) is 35.6 Å². The fourth-order valence-electron chi connectivity index (χ4n) is 11.2. The highest BCUT2D eigenvalue weighted by Crippen LogP contribution is 2.37. The molecule has 14 rings (SSSR count). The molecule has 0 unspecified atom stereocenters. The van der Waals surface area contributed by atoms with Crippen molar-refractivity contribution in [1.82, 2.24) is 19.9 Å². The molecule has 130 heavy (non-hydrogen) atoms. The lowest BCUT2D eigenvalue weighted by atomic mass is 10.1. The third kappa shape index (κ3) is 39.3. The average Bonchev–Trinajstić information content (AvgIpc) is 1.67. The summed E-state index contributed by atoms with van der Waals surface area (Å²) in [5.74, 6) is 0. The van der Waals surface area contributed by atoms with E-state index >= 15 is 0 Å². The molecular formula is C89H98ClN11O21S8. The fraction of sp³-hybridized carbons (Fsp3) is 0.303. The van der Waals surface area contributed by atoms with Crippen LogP contribution in [0.4, 0.5) is 0 Å². The summed E-state index contributed by atoms with van der Waals surface area (Å²) >= 11 is 18.8. The molecule has 0 radical (unpaired) electrons. The Balaban J connectivity index is 0.000000231. The molecule has 6 aromatic carbocycles. The number of benzene rings is 6. The number of hydrogen-bond donors (Lipinski definition) is 0. The minimum atomic E-state index is -0.787. The average molecular weight is 1950 g/mol. The highest BCUT2D eigenvalue weighted by molar-refractivity contribution is 7.19. The Bertz CT molecular complexity index is 5650. The first-order chi connectivity index (χ1) is 61.7. The molecule has 0 N–H and O–H groups in total. The maximum atomic E-state index is 10.4. The lowest BCUT2D eigenvalue weighted by molar-refractivity contribution is -0.762. The topological polar surface area (TPSA) is 418 Å². The van der Waals surface area contributed by atoms with E-state index in [1.54, 1.807) is 68.8 Å². The van der Waals surface area contributed by atoms with Gasteiger partial charge in [0.15, 0.2) is 0 Å². The van der Waals surface area contributed by atoms with Crippen LogP contribution in [0, 0.1) is 140 Å². The number of aromatic nitrogens is 4. The maximum Gasteiger partial charge on any atom is 0.294 e. The molecule has 0 amide bonds. The fourth-order valence-corrected chi connectivity index (χ4v) is 19.4. The zero-order valence-electron chi connectivity index (χ0n) is 72.1. The molecule has 0 saturated carbocycles. The van der Waals surface area contributed by atoms with Gasteiger partial charge >= 0.3 is 0 Å². The molecule has 0 bridgehead atoms. The summed E-state index contributed by atoms with van der Waals surface area (Å²) < 4.78 is 1.42. The van der Waals surface area contributed by atoms with E-state index in [9.17, 15) is 70.8 Å². The number of thiophene rings is 4. The van der Waals surface area contributed by atoms with Gasteiger partial charge in [-0.3, -0.25) is 0 Å². The number of rotatable bonds is 34. The lowest BCUT2D eigenvalue weighted by Gasteiger charge is -2.02. The summed E-state index contributed by atoms with van der Waals surface area (Å²) in [5.41, 5.74) is 14.5. The first-order valence-corrected chi connectivity index (χ1v) is 46.6. The van der Waals surface area contributed by atoms with Crippen molar-refractivity contribution in [2.45, 2.75) is 142 Å². The Hall–Kier alpha value is -12.4. The Kier molecular flexibility index (Phi) is 45.9. The van der Waals surface area contributed by atoms with Gasteiger partial charge < -0.3 is 33.9 Å². The van der Waals surface area contributed by atoms with Gasteiger partial charge in [-0.25, -0.2) is 19.9 Å². The minimum absolute atomic E-state index is 0. The number of hydrogen-bond acceptors (Lipinski definition) is 33. The third-order valence-electron chi connectivity index (χ3n) is 17.7. The van der Waals surface area contributed by atoms with E-state index in [0.717, 1.165) is 105 Å².